The molecular formula is C27H31BrN6. The minimum Gasteiger partial charge on any atom is -0.388 e. The Kier molecular flexibility index (Phi) is 7.75. The second kappa shape index (κ2) is 10.9. The van der Waals surface area contributed by atoms with Gasteiger partial charge < -0.3 is 10.7 Å². The van der Waals surface area contributed by atoms with Gasteiger partial charge in [-0.15, -0.1) is 17.0 Å². The summed E-state index contributed by atoms with van der Waals surface area (Å²) in [7, 11) is 0. The van der Waals surface area contributed by atoms with Gasteiger partial charge in [-0.1, -0.05) is 42.5 Å². The predicted molar refractivity (Wildman–Crippen MR) is 143 cm³/mol. The van der Waals surface area contributed by atoms with Crippen LogP contribution < -0.4 is 5.73 Å². The standard InChI is InChI=1S/C27H30N6.BrH/c1-19(28)30-16-20-11-13-21(14-12-20)17-33(18-26-31-23-8-2-3-9-24(23)32-26)25-10-4-6-22-7-5-15-29-27(22)25;/h2-3,5,7-9,11-15,25H,4,6,10,16-18H2,1H3,(H2,28,30)(H,31,32);1H. The Balaban J connectivity index is 0.00000274. The smallest absolute Gasteiger partial charge is 0.121 e. The van der Waals surface area contributed by atoms with Gasteiger partial charge in [0.25, 0.3) is 0 Å². The molecule has 0 bridgehead atoms. The number of aliphatic imine (C=N–C) groups is 1. The maximum absolute atomic E-state index is 5.69. The summed E-state index contributed by atoms with van der Waals surface area (Å²) in [6, 6.07) is 21.5. The minimum atomic E-state index is 0. The zero-order valence-corrected chi connectivity index (χ0v) is 21.2. The Bertz CT molecular complexity index is 1230. The largest absolute Gasteiger partial charge is 0.388 e. The summed E-state index contributed by atoms with van der Waals surface area (Å²) in [5.41, 5.74) is 12.8. The van der Waals surface area contributed by atoms with Crippen LogP contribution in [0.25, 0.3) is 11.0 Å². The zero-order valence-electron chi connectivity index (χ0n) is 19.4. The molecule has 1 unspecified atom stereocenters. The Morgan fingerprint density at radius 1 is 1.06 bits per heavy atom. The van der Waals surface area contributed by atoms with Gasteiger partial charge in [-0.25, -0.2) is 4.98 Å². The van der Waals surface area contributed by atoms with Gasteiger partial charge in [0.15, 0.2) is 0 Å². The molecule has 2 aromatic heterocycles. The van der Waals surface area contributed by atoms with E-state index in [0.717, 1.165) is 48.4 Å². The molecule has 0 aliphatic heterocycles. The van der Waals surface area contributed by atoms with E-state index in [1.54, 1.807) is 0 Å². The summed E-state index contributed by atoms with van der Waals surface area (Å²) < 4.78 is 0. The summed E-state index contributed by atoms with van der Waals surface area (Å²) in [6.45, 7) is 4.01. The quantitative estimate of drug-likeness (QED) is 0.250. The van der Waals surface area contributed by atoms with E-state index < -0.39 is 0 Å². The first-order chi connectivity index (χ1) is 16.2. The van der Waals surface area contributed by atoms with E-state index in [1.165, 1.54) is 23.2 Å². The summed E-state index contributed by atoms with van der Waals surface area (Å²) in [5, 5.41) is 0. The number of amidine groups is 1. The van der Waals surface area contributed by atoms with Crippen LogP contribution in [-0.2, 0) is 26.1 Å². The van der Waals surface area contributed by atoms with Crippen molar-refractivity contribution >= 4 is 33.9 Å². The highest BCUT2D eigenvalue weighted by molar-refractivity contribution is 8.93. The van der Waals surface area contributed by atoms with Gasteiger partial charge in [-0.2, -0.15) is 0 Å². The normalized spacial score (nSPS) is 15.8. The van der Waals surface area contributed by atoms with Gasteiger partial charge in [-0.05, 0) is 61.1 Å². The number of nitrogens with two attached hydrogens (primary N) is 1. The molecular weight excluding hydrogens is 488 g/mol. The van der Waals surface area contributed by atoms with Gasteiger partial charge in [0, 0.05) is 12.7 Å². The second-order valence-corrected chi connectivity index (χ2v) is 8.84. The van der Waals surface area contributed by atoms with E-state index in [9.17, 15) is 0 Å². The van der Waals surface area contributed by atoms with E-state index in [0.29, 0.717) is 12.4 Å². The number of aromatic nitrogens is 3. The van der Waals surface area contributed by atoms with Gasteiger partial charge >= 0.3 is 0 Å². The number of halogens is 1. The molecule has 3 N–H and O–H groups in total. The summed E-state index contributed by atoms with van der Waals surface area (Å²) in [4.78, 5) is 20.0. The number of hydrogen-bond donors (Lipinski definition) is 2. The summed E-state index contributed by atoms with van der Waals surface area (Å²) in [6.07, 6.45) is 5.31. The topological polar surface area (TPSA) is 83.2 Å². The van der Waals surface area contributed by atoms with Crippen molar-refractivity contribution in [3.63, 3.8) is 0 Å². The molecule has 1 aliphatic carbocycles. The number of H-pyrrole nitrogens is 1. The predicted octanol–water partition coefficient (Wildman–Crippen LogP) is 5.49. The number of hydrogen-bond acceptors (Lipinski definition) is 4. The number of rotatable bonds is 7. The Morgan fingerprint density at radius 2 is 1.85 bits per heavy atom. The maximum atomic E-state index is 5.69. The number of aromatic amines is 1. The number of para-hydroxylation sites is 2. The van der Waals surface area contributed by atoms with Crippen LogP contribution in [-0.4, -0.2) is 25.7 Å². The molecule has 0 amide bonds. The molecule has 4 aromatic rings. The van der Waals surface area contributed by atoms with E-state index in [-0.39, 0.29) is 23.0 Å². The van der Waals surface area contributed by atoms with Gasteiger partial charge in [0.05, 0.1) is 41.7 Å². The van der Waals surface area contributed by atoms with Crippen molar-refractivity contribution < 1.29 is 0 Å². The Hall–Kier alpha value is -3.03. The van der Waals surface area contributed by atoms with Crippen molar-refractivity contribution in [3.05, 3.63) is 95.1 Å². The maximum Gasteiger partial charge on any atom is 0.121 e. The Morgan fingerprint density at radius 3 is 2.65 bits per heavy atom. The molecule has 0 fully saturated rings. The SMILES string of the molecule is Br.CC(N)=NCc1ccc(CN(Cc2nc3ccccc3[nH]2)C2CCCc3cccnc32)cc1. The molecule has 5 rings (SSSR count). The Labute approximate surface area is 211 Å². The lowest BCUT2D eigenvalue weighted by molar-refractivity contribution is 0.153. The molecule has 1 atom stereocenters. The first-order valence-corrected chi connectivity index (χ1v) is 11.6. The number of aryl methyl sites for hydroxylation is 1. The lowest BCUT2D eigenvalue weighted by Crippen LogP contribution is -2.31. The molecule has 0 radical (unpaired) electrons. The van der Waals surface area contributed by atoms with Crippen molar-refractivity contribution in [2.45, 2.75) is 51.9 Å². The van der Waals surface area contributed by atoms with Gasteiger partial charge in [0.2, 0.25) is 0 Å². The third-order valence-electron chi connectivity index (χ3n) is 6.32. The molecule has 176 valence electrons. The second-order valence-electron chi connectivity index (χ2n) is 8.84. The van der Waals surface area contributed by atoms with Crippen LogP contribution in [0.1, 0.15) is 54.0 Å². The fraction of sp³-hybridized carbons (Fsp3) is 0.296. The lowest BCUT2D eigenvalue weighted by atomic mass is 9.90. The van der Waals surface area contributed by atoms with E-state index in [2.05, 4.69) is 63.4 Å². The highest BCUT2D eigenvalue weighted by Crippen LogP contribution is 2.34. The van der Waals surface area contributed by atoms with E-state index in [4.69, 9.17) is 15.7 Å². The molecule has 6 nitrogen and oxygen atoms in total. The number of pyridine rings is 1. The van der Waals surface area contributed by atoms with Crippen LogP contribution in [0.4, 0.5) is 0 Å². The third-order valence-corrected chi connectivity index (χ3v) is 6.32. The van der Waals surface area contributed by atoms with Crippen molar-refractivity contribution in [2.75, 3.05) is 0 Å². The fourth-order valence-electron chi connectivity index (χ4n) is 4.69. The van der Waals surface area contributed by atoms with Crippen molar-refractivity contribution in [1.29, 1.82) is 0 Å². The highest BCUT2D eigenvalue weighted by atomic mass is 79.9. The third kappa shape index (κ3) is 5.54. The molecule has 2 aromatic carbocycles. The zero-order chi connectivity index (χ0) is 22.6. The first kappa shape index (κ1) is 24.1. The van der Waals surface area contributed by atoms with Crippen LogP contribution in [0.3, 0.4) is 0 Å². The van der Waals surface area contributed by atoms with Crippen LogP contribution in [0.5, 0.6) is 0 Å². The van der Waals surface area contributed by atoms with Crippen molar-refractivity contribution in [3.8, 4) is 0 Å². The highest BCUT2D eigenvalue weighted by Gasteiger charge is 2.28. The van der Waals surface area contributed by atoms with Crippen LogP contribution in [0.2, 0.25) is 0 Å². The van der Waals surface area contributed by atoms with E-state index >= 15 is 0 Å². The molecule has 34 heavy (non-hydrogen) atoms. The molecule has 7 heteroatoms. The lowest BCUT2D eigenvalue weighted by Gasteiger charge is -2.34. The monoisotopic (exact) mass is 518 g/mol. The summed E-state index contributed by atoms with van der Waals surface area (Å²) >= 11 is 0. The number of benzene rings is 2. The molecule has 2 heterocycles. The number of fused-ring (bicyclic) bond motifs is 2. The average molecular weight is 519 g/mol. The summed E-state index contributed by atoms with van der Waals surface area (Å²) in [5.74, 6) is 1.60. The van der Waals surface area contributed by atoms with Crippen molar-refractivity contribution in [1.82, 2.24) is 19.9 Å². The fourth-order valence-corrected chi connectivity index (χ4v) is 4.69. The van der Waals surface area contributed by atoms with Crippen LogP contribution >= 0.6 is 17.0 Å². The van der Waals surface area contributed by atoms with Gasteiger partial charge in [-0.3, -0.25) is 14.9 Å². The number of nitrogens with one attached hydrogen (secondary N) is 1. The molecule has 0 spiro atoms. The first-order valence-electron chi connectivity index (χ1n) is 11.6. The molecule has 1 aliphatic rings. The average Bonchev–Trinajstić information content (AvgIpc) is 3.25. The molecule has 0 saturated heterocycles. The van der Waals surface area contributed by atoms with E-state index in [1.807, 2.05) is 25.3 Å². The van der Waals surface area contributed by atoms with Gasteiger partial charge in [0.1, 0.15) is 5.82 Å². The number of imidazole rings is 1. The van der Waals surface area contributed by atoms with Crippen molar-refractivity contribution in [2.24, 2.45) is 10.7 Å². The van der Waals surface area contributed by atoms with Crippen LogP contribution in [0, 0.1) is 0 Å². The minimum absolute atomic E-state index is 0. The van der Waals surface area contributed by atoms with Crippen LogP contribution in [0.15, 0.2) is 71.9 Å². The number of nitrogens with zero attached hydrogens (tertiary/aromatic N) is 4. The molecule has 0 saturated carbocycles.